The fourth-order valence-electron chi connectivity index (χ4n) is 2.41. The number of carboxylic acid groups (broad SMARTS) is 1. The summed E-state index contributed by atoms with van der Waals surface area (Å²) in [6.07, 6.45) is 0.631. The molecule has 1 aromatic carbocycles. The lowest BCUT2D eigenvalue weighted by Crippen LogP contribution is -2.45. The third-order valence-electron chi connectivity index (χ3n) is 4.15. The number of carboxylic acids is 1. The average molecular weight is 297 g/mol. The van der Waals surface area contributed by atoms with Gasteiger partial charge in [-0.05, 0) is 38.3 Å². The van der Waals surface area contributed by atoms with Crippen LogP contribution in [0.15, 0.2) is 12.1 Å². The van der Waals surface area contributed by atoms with Gasteiger partial charge in [0, 0.05) is 19.2 Å². The maximum absolute atomic E-state index is 13.7. The van der Waals surface area contributed by atoms with Gasteiger partial charge < -0.3 is 10.0 Å². The lowest BCUT2D eigenvalue weighted by atomic mass is 9.80. The number of rotatable bonds is 2. The summed E-state index contributed by atoms with van der Waals surface area (Å²) in [6, 6.07) is 1.89. The molecule has 0 aromatic heterocycles. The third kappa shape index (κ3) is 2.89. The van der Waals surface area contributed by atoms with Crippen molar-refractivity contribution >= 4 is 11.9 Å². The van der Waals surface area contributed by atoms with Crippen molar-refractivity contribution in [2.24, 2.45) is 5.41 Å². The molecule has 6 heteroatoms. The molecule has 1 aromatic rings. The average Bonchev–Trinajstić information content (AvgIpc) is 2.43. The van der Waals surface area contributed by atoms with E-state index in [2.05, 4.69) is 0 Å². The SMILES string of the molecule is Cc1cc(C(=O)N2CCC(C)(C(=O)O)CC2)c(F)cc1F. The quantitative estimate of drug-likeness (QED) is 0.913. The Morgan fingerprint density at radius 3 is 2.29 bits per heavy atom. The van der Waals surface area contributed by atoms with Gasteiger partial charge in [0.05, 0.1) is 11.0 Å². The zero-order valence-corrected chi connectivity index (χ0v) is 11.9. The van der Waals surface area contributed by atoms with Crippen molar-refractivity contribution in [1.82, 2.24) is 4.90 Å². The lowest BCUT2D eigenvalue weighted by molar-refractivity contribution is -0.150. The standard InChI is InChI=1S/C15H17F2NO3/c1-9-7-10(12(17)8-11(9)16)13(19)18-5-3-15(2,4-6-18)14(20)21/h7-8H,3-6H2,1-2H3,(H,20,21). The van der Waals surface area contributed by atoms with E-state index >= 15 is 0 Å². The van der Waals surface area contributed by atoms with E-state index in [1.54, 1.807) is 6.92 Å². The van der Waals surface area contributed by atoms with E-state index in [4.69, 9.17) is 5.11 Å². The van der Waals surface area contributed by atoms with E-state index in [1.807, 2.05) is 0 Å². The summed E-state index contributed by atoms with van der Waals surface area (Å²) >= 11 is 0. The summed E-state index contributed by atoms with van der Waals surface area (Å²) in [4.78, 5) is 24.9. The largest absolute Gasteiger partial charge is 0.481 e. The van der Waals surface area contributed by atoms with Gasteiger partial charge in [0.1, 0.15) is 11.6 Å². The number of carbonyl (C=O) groups excluding carboxylic acids is 1. The van der Waals surface area contributed by atoms with Crippen molar-refractivity contribution in [1.29, 1.82) is 0 Å². The van der Waals surface area contributed by atoms with Crippen LogP contribution in [-0.4, -0.2) is 35.0 Å². The Labute approximate surface area is 121 Å². The molecule has 0 aliphatic carbocycles. The van der Waals surface area contributed by atoms with Crippen LogP contribution in [0.5, 0.6) is 0 Å². The molecule has 1 aliphatic rings. The van der Waals surface area contributed by atoms with Crippen LogP contribution in [0.4, 0.5) is 8.78 Å². The van der Waals surface area contributed by atoms with E-state index in [0.29, 0.717) is 18.9 Å². The second-order valence-electron chi connectivity index (χ2n) is 5.74. The second-order valence-corrected chi connectivity index (χ2v) is 5.74. The highest BCUT2D eigenvalue weighted by Crippen LogP contribution is 2.31. The minimum atomic E-state index is -0.894. The van der Waals surface area contributed by atoms with Gasteiger partial charge in [0.25, 0.3) is 5.91 Å². The number of hydrogen-bond acceptors (Lipinski definition) is 2. The van der Waals surface area contributed by atoms with E-state index < -0.39 is 28.9 Å². The number of benzene rings is 1. The van der Waals surface area contributed by atoms with Crippen LogP contribution in [0, 0.1) is 24.0 Å². The maximum Gasteiger partial charge on any atom is 0.309 e. The van der Waals surface area contributed by atoms with Gasteiger partial charge in [-0.3, -0.25) is 9.59 Å². The van der Waals surface area contributed by atoms with E-state index in [1.165, 1.54) is 17.9 Å². The molecule has 1 saturated heterocycles. The van der Waals surface area contributed by atoms with Gasteiger partial charge in [-0.1, -0.05) is 0 Å². The number of likely N-dealkylation sites (tertiary alicyclic amines) is 1. The fraction of sp³-hybridized carbons (Fsp3) is 0.467. The lowest BCUT2D eigenvalue weighted by Gasteiger charge is -2.36. The Hall–Kier alpha value is -1.98. The number of nitrogens with zero attached hydrogens (tertiary/aromatic N) is 1. The van der Waals surface area contributed by atoms with Crippen LogP contribution in [0.1, 0.15) is 35.7 Å². The van der Waals surface area contributed by atoms with E-state index in [-0.39, 0.29) is 24.2 Å². The summed E-state index contributed by atoms with van der Waals surface area (Å²) in [5.74, 6) is -3.00. The molecule has 1 N–H and O–H groups in total. The van der Waals surface area contributed by atoms with E-state index in [0.717, 1.165) is 0 Å². The summed E-state index contributed by atoms with van der Waals surface area (Å²) < 4.78 is 27.0. The summed E-state index contributed by atoms with van der Waals surface area (Å²) in [6.45, 7) is 3.60. The molecule has 4 nitrogen and oxygen atoms in total. The zero-order chi connectivity index (χ0) is 15.8. The molecule has 1 heterocycles. The molecule has 2 rings (SSSR count). The van der Waals surface area contributed by atoms with Crippen LogP contribution in [0.25, 0.3) is 0 Å². The van der Waals surface area contributed by atoms with Crippen molar-refractivity contribution in [3.63, 3.8) is 0 Å². The number of amides is 1. The molecule has 0 spiro atoms. The monoisotopic (exact) mass is 297 g/mol. The number of aryl methyl sites for hydroxylation is 1. The topological polar surface area (TPSA) is 57.6 Å². The highest BCUT2D eigenvalue weighted by Gasteiger charge is 2.38. The van der Waals surface area contributed by atoms with Gasteiger partial charge in [-0.2, -0.15) is 0 Å². The molecule has 1 amide bonds. The Bertz CT molecular complexity index is 593. The Balaban J connectivity index is 2.16. The molecular formula is C15H17F2NO3. The molecule has 0 saturated carbocycles. The Kier molecular flexibility index (Phi) is 3.98. The zero-order valence-electron chi connectivity index (χ0n) is 11.9. The highest BCUT2D eigenvalue weighted by atomic mass is 19.1. The van der Waals surface area contributed by atoms with E-state index in [9.17, 15) is 18.4 Å². The first-order valence-corrected chi connectivity index (χ1v) is 6.73. The first kappa shape index (κ1) is 15.4. The smallest absolute Gasteiger partial charge is 0.309 e. The molecule has 114 valence electrons. The molecule has 0 radical (unpaired) electrons. The van der Waals surface area contributed by atoms with Crippen LogP contribution in [0.3, 0.4) is 0 Å². The molecule has 0 atom stereocenters. The molecule has 1 aliphatic heterocycles. The Morgan fingerprint density at radius 1 is 1.19 bits per heavy atom. The normalized spacial score (nSPS) is 17.6. The first-order chi connectivity index (χ1) is 9.74. The van der Waals surface area contributed by atoms with Crippen molar-refractivity contribution in [2.75, 3.05) is 13.1 Å². The summed E-state index contributed by atoms with van der Waals surface area (Å²) in [7, 11) is 0. The predicted molar refractivity (Wildman–Crippen MR) is 72.0 cm³/mol. The minimum Gasteiger partial charge on any atom is -0.481 e. The first-order valence-electron chi connectivity index (χ1n) is 6.73. The predicted octanol–water partition coefficient (Wildman–Crippen LogP) is 2.60. The second kappa shape index (κ2) is 5.42. The van der Waals surface area contributed by atoms with Crippen LogP contribution in [0.2, 0.25) is 0 Å². The number of carbonyl (C=O) groups is 2. The van der Waals surface area contributed by atoms with Gasteiger partial charge >= 0.3 is 5.97 Å². The Morgan fingerprint density at radius 2 is 1.76 bits per heavy atom. The van der Waals surface area contributed by atoms with Gasteiger partial charge in [0.15, 0.2) is 0 Å². The number of halogens is 2. The van der Waals surface area contributed by atoms with Crippen LogP contribution >= 0.6 is 0 Å². The third-order valence-corrected chi connectivity index (χ3v) is 4.15. The van der Waals surface area contributed by atoms with Crippen molar-refractivity contribution in [3.05, 3.63) is 34.9 Å². The maximum atomic E-state index is 13.7. The van der Waals surface area contributed by atoms with Gasteiger partial charge in [-0.25, -0.2) is 8.78 Å². The number of hydrogen-bond donors (Lipinski definition) is 1. The fourth-order valence-corrected chi connectivity index (χ4v) is 2.41. The number of piperidine rings is 1. The molecule has 0 unspecified atom stereocenters. The van der Waals surface area contributed by atoms with Crippen molar-refractivity contribution in [2.45, 2.75) is 26.7 Å². The molecule has 21 heavy (non-hydrogen) atoms. The molecular weight excluding hydrogens is 280 g/mol. The molecule has 1 fully saturated rings. The number of aliphatic carboxylic acids is 1. The summed E-state index contributed by atoms with van der Waals surface area (Å²) in [5, 5.41) is 9.15. The molecule has 0 bridgehead atoms. The minimum absolute atomic E-state index is 0.173. The van der Waals surface area contributed by atoms with Crippen molar-refractivity contribution in [3.8, 4) is 0 Å². The van der Waals surface area contributed by atoms with Crippen LogP contribution < -0.4 is 0 Å². The summed E-state index contributed by atoms with van der Waals surface area (Å²) in [5.41, 5.74) is -0.825. The highest BCUT2D eigenvalue weighted by molar-refractivity contribution is 5.95. The van der Waals surface area contributed by atoms with Crippen LogP contribution in [-0.2, 0) is 4.79 Å². The van der Waals surface area contributed by atoms with Crippen molar-refractivity contribution < 1.29 is 23.5 Å². The van der Waals surface area contributed by atoms with Gasteiger partial charge in [0.2, 0.25) is 0 Å². The van der Waals surface area contributed by atoms with Gasteiger partial charge in [-0.15, -0.1) is 0 Å².